The maximum Gasteiger partial charge on any atom is 0.246 e. The number of amides is 2. The van der Waals surface area contributed by atoms with Gasteiger partial charge in [-0.3, -0.25) is 14.5 Å². The number of carbonyl (C=O) groups is 2. The molecule has 1 aromatic carbocycles. The van der Waals surface area contributed by atoms with Gasteiger partial charge in [-0.15, -0.1) is 0 Å². The van der Waals surface area contributed by atoms with Gasteiger partial charge in [-0.2, -0.15) is 0 Å². The molecule has 2 amide bonds. The topological polar surface area (TPSA) is 81.9 Å². The van der Waals surface area contributed by atoms with Gasteiger partial charge < -0.3 is 15.2 Å². The first kappa shape index (κ1) is 13.4. The summed E-state index contributed by atoms with van der Waals surface area (Å²) in [6.07, 6.45) is 0.0606. The number of hydrogen-bond acceptors (Lipinski definition) is 5. The summed E-state index contributed by atoms with van der Waals surface area (Å²) in [5.74, 6) is 0.623. The fourth-order valence-electron chi connectivity index (χ4n) is 2.05. The molecular formula is C13H16N2O4. The Hall–Kier alpha value is -2.08. The minimum absolute atomic E-state index is 0.0606. The van der Waals surface area contributed by atoms with Crippen LogP contribution in [0, 0.1) is 0 Å². The zero-order chi connectivity index (χ0) is 14.0. The third-order valence-corrected chi connectivity index (χ3v) is 3.09. The Kier molecular flexibility index (Phi) is 3.71. The van der Waals surface area contributed by atoms with Crippen LogP contribution < -0.4 is 15.2 Å². The fraction of sp³-hybridized carbons (Fsp3) is 0.385. The number of likely N-dealkylation sites (tertiary alicyclic amines) is 1. The van der Waals surface area contributed by atoms with Crippen LogP contribution in [0.25, 0.3) is 0 Å². The van der Waals surface area contributed by atoms with Crippen LogP contribution in [0.1, 0.15) is 12.0 Å². The summed E-state index contributed by atoms with van der Waals surface area (Å²) in [7, 11) is 3.08. The van der Waals surface area contributed by atoms with Crippen molar-refractivity contribution in [3.8, 4) is 11.5 Å². The molecule has 0 spiro atoms. The van der Waals surface area contributed by atoms with E-state index in [0.29, 0.717) is 17.1 Å². The van der Waals surface area contributed by atoms with Crippen molar-refractivity contribution in [3.05, 3.63) is 23.8 Å². The van der Waals surface area contributed by atoms with Gasteiger partial charge in [0.2, 0.25) is 11.8 Å². The van der Waals surface area contributed by atoms with Gasteiger partial charge >= 0.3 is 0 Å². The van der Waals surface area contributed by atoms with Crippen LogP contribution in [0.3, 0.4) is 0 Å². The van der Waals surface area contributed by atoms with Crippen molar-refractivity contribution in [2.24, 2.45) is 5.73 Å². The molecule has 2 rings (SSSR count). The highest BCUT2D eigenvalue weighted by Crippen LogP contribution is 2.26. The number of ether oxygens (including phenoxy) is 2. The Morgan fingerprint density at radius 1 is 1.32 bits per heavy atom. The largest absolute Gasteiger partial charge is 0.497 e. The number of benzene rings is 1. The zero-order valence-electron chi connectivity index (χ0n) is 10.9. The predicted molar refractivity (Wildman–Crippen MR) is 67.7 cm³/mol. The Morgan fingerprint density at radius 3 is 2.58 bits per heavy atom. The average molecular weight is 264 g/mol. The number of nitrogens with two attached hydrogens (primary N) is 1. The van der Waals surface area contributed by atoms with E-state index in [2.05, 4.69) is 0 Å². The van der Waals surface area contributed by atoms with Crippen LogP contribution in [0.5, 0.6) is 11.5 Å². The molecule has 19 heavy (non-hydrogen) atoms. The van der Waals surface area contributed by atoms with Crippen LogP contribution in [0.15, 0.2) is 18.2 Å². The zero-order valence-corrected chi connectivity index (χ0v) is 10.9. The molecule has 102 valence electrons. The fourth-order valence-corrected chi connectivity index (χ4v) is 2.05. The van der Waals surface area contributed by atoms with E-state index >= 15 is 0 Å². The molecule has 0 saturated carbocycles. The monoisotopic (exact) mass is 264 g/mol. The van der Waals surface area contributed by atoms with Crippen LogP contribution in [-0.4, -0.2) is 37.0 Å². The van der Waals surface area contributed by atoms with E-state index in [1.807, 2.05) is 0 Å². The summed E-state index contributed by atoms with van der Waals surface area (Å²) in [6, 6.07) is 4.49. The Labute approximate surface area is 111 Å². The van der Waals surface area contributed by atoms with Gasteiger partial charge in [0.05, 0.1) is 33.2 Å². The van der Waals surface area contributed by atoms with E-state index in [1.54, 1.807) is 25.3 Å². The van der Waals surface area contributed by atoms with Gasteiger partial charge in [-0.25, -0.2) is 0 Å². The summed E-state index contributed by atoms with van der Waals surface area (Å²) >= 11 is 0. The SMILES string of the molecule is COc1ccc(OC)c(CN2C(=O)CC(N)C2=O)c1. The normalized spacial score (nSPS) is 18.9. The van der Waals surface area contributed by atoms with Crippen molar-refractivity contribution < 1.29 is 19.1 Å². The van der Waals surface area contributed by atoms with Crippen molar-refractivity contribution in [2.75, 3.05) is 14.2 Å². The van der Waals surface area contributed by atoms with Crippen molar-refractivity contribution in [3.63, 3.8) is 0 Å². The molecule has 1 aliphatic rings. The third kappa shape index (κ3) is 2.53. The molecule has 1 fully saturated rings. The molecule has 1 heterocycles. The first-order valence-electron chi connectivity index (χ1n) is 5.87. The average Bonchev–Trinajstić information content (AvgIpc) is 2.65. The van der Waals surface area contributed by atoms with Gasteiger partial charge in [0, 0.05) is 5.56 Å². The van der Waals surface area contributed by atoms with Crippen LogP contribution in [0.4, 0.5) is 0 Å². The maximum absolute atomic E-state index is 11.8. The predicted octanol–water partition coefficient (Wildman–Crippen LogP) is 0.290. The van der Waals surface area contributed by atoms with Gasteiger partial charge in [0.25, 0.3) is 0 Å². The Morgan fingerprint density at radius 2 is 2.05 bits per heavy atom. The van der Waals surface area contributed by atoms with Crippen molar-refractivity contribution in [2.45, 2.75) is 19.0 Å². The van der Waals surface area contributed by atoms with Crippen molar-refractivity contribution >= 4 is 11.8 Å². The Bertz CT molecular complexity index is 515. The van der Waals surface area contributed by atoms with Crippen LogP contribution >= 0.6 is 0 Å². The van der Waals surface area contributed by atoms with Crippen LogP contribution in [-0.2, 0) is 16.1 Å². The summed E-state index contributed by atoms with van der Waals surface area (Å²) in [5, 5.41) is 0. The second kappa shape index (κ2) is 5.27. The third-order valence-electron chi connectivity index (χ3n) is 3.09. The lowest BCUT2D eigenvalue weighted by Crippen LogP contribution is -2.34. The van der Waals surface area contributed by atoms with E-state index in [4.69, 9.17) is 15.2 Å². The summed E-state index contributed by atoms with van der Waals surface area (Å²) in [5.41, 5.74) is 6.28. The lowest BCUT2D eigenvalue weighted by Gasteiger charge is -2.17. The van der Waals surface area contributed by atoms with E-state index in [0.717, 1.165) is 4.90 Å². The van der Waals surface area contributed by atoms with Crippen molar-refractivity contribution in [1.82, 2.24) is 4.90 Å². The molecule has 0 bridgehead atoms. The number of nitrogens with zero attached hydrogens (tertiary/aromatic N) is 1. The lowest BCUT2D eigenvalue weighted by molar-refractivity contribution is -0.139. The molecular weight excluding hydrogens is 248 g/mol. The number of imide groups is 1. The summed E-state index contributed by atoms with van der Waals surface area (Å²) < 4.78 is 10.3. The van der Waals surface area contributed by atoms with Gasteiger partial charge in [-0.1, -0.05) is 0 Å². The minimum Gasteiger partial charge on any atom is -0.497 e. The maximum atomic E-state index is 11.8. The molecule has 1 saturated heterocycles. The van der Waals surface area contributed by atoms with E-state index in [-0.39, 0.29) is 24.8 Å². The number of carbonyl (C=O) groups excluding carboxylic acids is 2. The number of hydrogen-bond donors (Lipinski definition) is 1. The molecule has 1 aromatic rings. The van der Waals surface area contributed by atoms with Crippen molar-refractivity contribution in [1.29, 1.82) is 0 Å². The Balaban J connectivity index is 2.27. The number of rotatable bonds is 4. The minimum atomic E-state index is -0.732. The van der Waals surface area contributed by atoms with E-state index in [9.17, 15) is 9.59 Å². The molecule has 6 nitrogen and oxygen atoms in total. The first-order valence-corrected chi connectivity index (χ1v) is 5.87. The quantitative estimate of drug-likeness (QED) is 0.790. The molecule has 0 aromatic heterocycles. The highest BCUT2D eigenvalue weighted by Gasteiger charge is 2.36. The molecule has 2 N–H and O–H groups in total. The molecule has 6 heteroatoms. The lowest BCUT2D eigenvalue weighted by atomic mass is 10.1. The standard InChI is InChI=1S/C13H16N2O4/c1-18-9-3-4-11(19-2)8(5-9)7-15-12(16)6-10(14)13(15)17/h3-5,10H,6-7,14H2,1-2H3. The summed E-state index contributed by atoms with van der Waals surface area (Å²) in [6.45, 7) is 0.145. The van der Waals surface area contributed by atoms with Crippen LogP contribution in [0.2, 0.25) is 0 Å². The van der Waals surface area contributed by atoms with Gasteiger partial charge in [-0.05, 0) is 18.2 Å². The molecule has 0 aliphatic carbocycles. The highest BCUT2D eigenvalue weighted by atomic mass is 16.5. The number of methoxy groups -OCH3 is 2. The van der Waals surface area contributed by atoms with Gasteiger partial charge in [0.15, 0.2) is 0 Å². The van der Waals surface area contributed by atoms with E-state index < -0.39 is 6.04 Å². The molecule has 1 unspecified atom stereocenters. The first-order chi connectivity index (χ1) is 9.06. The van der Waals surface area contributed by atoms with Gasteiger partial charge in [0.1, 0.15) is 11.5 Å². The van der Waals surface area contributed by atoms with E-state index in [1.165, 1.54) is 7.11 Å². The smallest absolute Gasteiger partial charge is 0.246 e. The molecule has 0 radical (unpaired) electrons. The molecule has 1 aliphatic heterocycles. The summed E-state index contributed by atoms with van der Waals surface area (Å²) in [4.78, 5) is 24.6. The second-order valence-electron chi connectivity index (χ2n) is 4.31. The molecule has 1 atom stereocenters. The second-order valence-corrected chi connectivity index (χ2v) is 4.31. The highest BCUT2D eigenvalue weighted by molar-refractivity contribution is 6.05.